The Morgan fingerprint density at radius 3 is 2.71 bits per heavy atom. The zero-order valence-electron chi connectivity index (χ0n) is 26.5. The van der Waals surface area contributed by atoms with Crippen LogP contribution in [0.1, 0.15) is 50.3 Å². The Bertz CT molecular complexity index is 1600. The van der Waals surface area contributed by atoms with Gasteiger partial charge in [0.05, 0.1) is 24.3 Å². The highest BCUT2D eigenvalue weighted by Gasteiger charge is 2.34. The Morgan fingerprint density at radius 2 is 1.98 bits per heavy atom. The van der Waals surface area contributed by atoms with Gasteiger partial charge in [-0.3, -0.25) is 4.90 Å². The predicted molar refractivity (Wildman–Crippen MR) is 179 cm³/mol. The van der Waals surface area contributed by atoms with Crippen LogP contribution in [0.5, 0.6) is 6.01 Å². The van der Waals surface area contributed by atoms with Gasteiger partial charge in [-0.2, -0.15) is 9.97 Å². The number of aliphatic hydroxyl groups is 1. The molecule has 3 aliphatic heterocycles. The fourth-order valence-electron chi connectivity index (χ4n) is 6.81. The van der Waals surface area contributed by atoms with E-state index in [1.807, 2.05) is 31.2 Å². The molecule has 10 heteroatoms. The maximum atomic E-state index is 16.5. The number of aryl methyl sites for hydroxylation is 1. The van der Waals surface area contributed by atoms with Gasteiger partial charge in [-0.1, -0.05) is 42.8 Å². The number of ether oxygens (including phenoxy) is 2. The number of allylic oxidation sites excluding steroid dienone is 2. The van der Waals surface area contributed by atoms with Crippen LogP contribution in [0.2, 0.25) is 5.02 Å². The van der Waals surface area contributed by atoms with Gasteiger partial charge >= 0.3 is 6.01 Å². The highest BCUT2D eigenvalue weighted by atomic mass is 35.5. The van der Waals surface area contributed by atoms with E-state index in [-0.39, 0.29) is 39.9 Å². The van der Waals surface area contributed by atoms with Crippen LogP contribution in [0.25, 0.3) is 22.6 Å². The number of nitrogens with one attached hydrogen (secondary N) is 1. The van der Waals surface area contributed by atoms with E-state index in [0.717, 1.165) is 63.3 Å². The lowest BCUT2D eigenvalue weighted by molar-refractivity contribution is -0.0242. The number of rotatable bonds is 9. The molecule has 3 aliphatic rings. The molecular formula is C35H43ClFN5O3. The number of benzene rings is 2. The van der Waals surface area contributed by atoms with E-state index >= 15 is 4.39 Å². The first-order valence-corrected chi connectivity index (χ1v) is 16.3. The van der Waals surface area contributed by atoms with Gasteiger partial charge < -0.3 is 24.8 Å². The average molecular weight is 636 g/mol. The molecule has 0 spiro atoms. The first-order chi connectivity index (χ1) is 21.6. The summed E-state index contributed by atoms with van der Waals surface area (Å²) in [6.45, 7) is 13.3. The van der Waals surface area contributed by atoms with Gasteiger partial charge in [-0.05, 0) is 68.5 Å². The van der Waals surface area contributed by atoms with E-state index in [0.29, 0.717) is 35.5 Å². The van der Waals surface area contributed by atoms with Gasteiger partial charge in [0.25, 0.3) is 0 Å². The van der Waals surface area contributed by atoms with Crippen molar-refractivity contribution in [2.24, 2.45) is 5.92 Å². The van der Waals surface area contributed by atoms with Crippen molar-refractivity contribution in [1.29, 1.82) is 0 Å². The number of aromatic nitrogens is 2. The third kappa shape index (κ3) is 7.27. The van der Waals surface area contributed by atoms with Gasteiger partial charge in [0.1, 0.15) is 17.1 Å². The Hall–Kier alpha value is -3.24. The van der Waals surface area contributed by atoms with Crippen molar-refractivity contribution in [2.45, 2.75) is 58.7 Å². The lowest BCUT2D eigenvalue weighted by Crippen LogP contribution is -2.51. The summed E-state index contributed by atoms with van der Waals surface area (Å²) in [5.74, 6) is 0.299. The topological polar surface area (TPSA) is 83.0 Å². The molecule has 2 unspecified atom stereocenters. The molecular weight excluding hydrogens is 593 g/mol. The molecule has 2 aromatic carbocycles. The highest BCUT2D eigenvalue weighted by Crippen LogP contribution is 2.38. The molecule has 3 aromatic rings. The molecule has 0 aliphatic carbocycles. The van der Waals surface area contributed by atoms with E-state index in [1.165, 1.54) is 6.08 Å². The minimum Gasteiger partial charge on any atom is -0.508 e. The quantitative estimate of drug-likeness (QED) is 0.206. The summed E-state index contributed by atoms with van der Waals surface area (Å²) in [5, 5.41) is 15.2. The van der Waals surface area contributed by atoms with Crippen LogP contribution in [-0.4, -0.2) is 84.1 Å². The number of fused-ring (bicyclic) bond motifs is 3. The Balaban J connectivity index is 1.33. The molecule has 0 amide bonds. The van der Waals surface area contributed by atoms with Crippen molar-refractivity contribution in [3.05, 3.63) is 69.7 Å². The smallest absolute Gasteiger partial charge is 0.319 e. The zero-order valence-corrected chi connectivity index (χ0v) is 27.3. The minimum atomic E-state index is -0.558. The molecule has 4 heterocycles. The molecule has 3 saturated heterocycles. The molecule has 2 N–H and O–H groups in total. The normalized spacial score (nSPS) is 23.5. The largest absolute Gasteiger partial charge is 0.508 e. The molecule has 1 aromatic heterocycles. The average Bonchev–Trinajstić information content (AvgIpc) is 3.34. The number of hydrogen-bond acceptors (Lipinski definition) is 8. The van der Waals surface area contributed by atoms with Crippen LogP contribution >= 0.6 is 11.6 Å². The van der Waals surface area contributed by atoms with Gasteiger partial charge in [0.2, 0.25) is 0 Å². The summed E-state index contributed by atoms with van der Waals surface area (Å²) in [6.07, 6.45) is 5.62. The van der Waals surface area contributed by atoms with Crippen LogP contribution < -0.4 is 15.0 Å². The van der Waals surface area contributed by atoms with Crippen LogP contribution in [0.15, 0.2) is 42.2 Å². The fraction of sp³-hybridized carbons (Fsp3) is 0.486. The van der Waals surface area contributed by atoms with Gasteiger partial charge in [-0.15, -0.1) is 0 Å². The number of aliphatic hydroxyl groups excluding tert-OH is 1. The predicted octanol–water partition coefficient (Wildman–Crippen LogP) is 6.41. The first-order valence-electron chi connectivity index (χ1n) is 16.0. The number of nitrogens with zero attached hydrogens (tertiary/aromatic N) is 4. The number of piperazine rings is 1. The van der Waals surface area contributed by atoms with E-state index in [2.05, 4.69) is 33.9 Å². The van der Waals surface area contributed by atoms with Gasteiger partial charge in [0.15, 0.2) is 5.82 Å². The molecule has 6 rings (SSSR count). The van der Waals surface area contributed by atoms with Gasteiger partial charge in [-0.25, -0.2) is 4.39 Å². The standard InChI is InChI=1S/C35H43ClFN5O3/c1-21(16-41-11-12-44-24(4)17-41)20-45-35-39-33-29(34(40-35)42-18-26-9-10-27(19-42)38-26)15-30(36)31(32(33)37)23(3)13-28(43)14-25-8-6-5-7-22(25)2/h5-8,13-15,21,24,26-27,38,43H,9-12,16-20H2,1-4H3/b23-13+,28-14+/t21-,24+,26?,27?/m1/s1. The van der Waals surface area contributed by atoms with E-state index in [1.54, 1.807) is 19.1 Å². The monoisotopic (exact) mass is 635 g/mol. The van der Waals surface area contributed by atoms with Crippen molar-refractivity contribution in [3.8, 4) is 6.01 Å². The molecule has 240 valence electrons. The third-order valence-corrected chi connectivity index (χ3v) is 9.30. The number of anilines is 1. The molecule has 3 fully saturated rings. The fourth-order valence-corrected chi connectivity index (χ4v) is 7.15. The van der Waals surface area contributed by atoms with E-state index in [4.69, 9.17) is 26.1 Å². The van der Waals surface area contributed by atoms with E-state index < -0.39 is 5.82 Å². The summed E-state index contributed by atoms with van der Waals surface area (Å²) >= 11 is 6.79. The maximum Gasteiger partial charge on any atom is 0.319 e. The summed E-state index contributed by atoms with van der Waals surface area (Å²) in [4.78, 5) is 14.1. The Labute approximate surface area is 269 Å². The number of hydrogen-bond donors (Lipinski definition) is 2. The molecule has 4 atom stereocenters. The lowest BCUT2D eigenvalue weighted by Gasteiger charge is -2.34. The van der Waals surface area contributed by atoms with Gasteiger partial charge in [0, 0.05) is 61.7 Å². The molecule has 45 heavy (non-hydrogen) atoms. The van der Waals surface area contributed by atoms with Crippen LogP contribution in [0.3, 0.4) is 0 Å². The van der Waals surface area contributed by atoms with Crippen molar-refractivity contribution >= 4 is 40.0 Å². The van der Waals surface area contributed by atoms with Crippen LogP contribution in [0, 0.1) is 18.7 Å². The molecule has 8 nitrogen and oxygen atoms in total. The van der Waals surface area contributed by atoms with Crippen molar-refractivity contribution in [3.63, 3.8) is 0 Å². The minimum absolute atomic E-state index is 0.00436. The molecule has 0 saturated carbocycles. The lowest BCUT2D eigenvalue weighted by atomic mass is 10.0. The van der Waals surface area contributed by atoms with Crippen molar-refractivity contribution in [2.75, 3.05) is 50.8 Å². The summed E-state index contributed by atoms with van der Waals surface area (Å²) in [6, 6.07) is 10.4. The number of halogens is 2. The SMILES string of the molecule is C/C(=C\C(O)=C/c1ccccc1C)c1c(Cl)cc2c(N3CC4CCC(C3)N4)nc(OC[C@H](C)CN3CCO[C@@H](C)C3)nc2c1F. The second-order valence-corrected chi connectivity index (χ2v) is 13.3. The van der Waals surface area contributed by atoms with Crippen molar-refractivity contribution < 1.29 is 19.0 Å². The summed E-state index contributed by atoms with van der Waals surface area (Å²) in [7, 11) is 0. The number of morpholine rings is 1. The molecule has 2 bridgehead atoms. The first kappa shape index (κ1) is 31.7. The Morgan fingerprint density at radius 1 is 1.22 bits per heavy atom. The third-order valence-electron chi connectivity index (χ3n) is 9.00. The van der Waals surface area contributed by atoms with Crippen LogP contribution in [0.4, 0.5) is 10.2 Å². The van der Waals surface area contributed by atoms with E-state index in [9.17, 15) is 5.11 Å². The van der Waals surface area contributed by atoms with Crippen LogP contribution in [-0.2, 0) is 4.74 Å². The molecule has 0 radical (unpaired) electrons. The van der Waals surface area contributed by atoms with Crippen molar-refractivity contribution in [1.82, 2.24) is 20.2 Å². The summed E-state index contributed by atoms with van der Waals surface area (Å²) in [5.41, 5.74) is 2.74. The summed E-state index contributed by atoms with van der Waals surface area (Å²) < 4.78 is 28.4. The highest BCUT2D eigenvalue weighted by molar-refractivity contribution is 6.33. The Kier molecular flexibility index (Phi) is 9.61. The second-order valence-electron chi connectivity index (χ2n) is 12.9. The zero-order chi connectivity index (χ0) is 31.7. The maximum absolute atomic E-state index is 16.5. The second kappa shape index (κ2) is 13.6.